The fourth-order valence-corrected chi connectivity index (χ4v) is 3.85. The lowest BCUT2D eigenvalue weighted by molar-refractivity contribution is -0.137. The van der Waals surface area contributed by atoms with Gasteiger partial charge in [0.15, 0.2) is 0 Å². The Morgan fingerprint density at radius 2 is 1.92 bits per heavy atom. The molecule has 2 fully saturated rings. The van der Waals surface area contributed by atoms with Crippen LogP contribution in [-0.2, 0) is 14.3 Å². The summed E-state index contributed by atoms with van der Waals surface area (Å²) in [5.74, 6) is -0.297. The van der Waals surface area contributed by atoms with Crippen molar-refractivity contribution in [1.29, 1.82) is 0 Å². The topological polar surface area (TPSA) is 61.9 Å². The molecule has 2 aliphatic rings. The van der Waals surface area contributed by atoms with Gasteiger partial charge >= 0.3 is 0 Å². The lowest BCUT2D eigenvalue weighted by atomic mass is 9.99. The molecule has 0 saturated carbocycles. The third-order valence-corrected chi connectivity index (χ3v) is 5.26. The van der Waals surface area contributed by atoms with Crippen LogP contribution >= 0.6 is 0 Å². The Morgan fingerprint density at radius 1 is 1.15 bits per heavy atom. The quantitative estimate of drug-likeness (QED) is 0.821. The minimum absolute atomic E-state index is 0.0575. The first-order valence-electron chi connectivity index (χ1n) is 9.70. The molecule has 1 atom stereocenters. The molecule has 0 spiro atoms. The van der Waals surface area contributed by atoms with Crippen molar-refractivity contribution >= 4 is 23.2 Å². The van der Waals surface area contributed by atoms with E-state index in [0.29, 0.717) is 13.2 Å². The van der Waals surface area contributed by atoms with E-state index in [4.69, 9.17) is 4.74 Å². The van der Waals surface area contributed by atoms with Crippen LogP contribution in [0.1, 0.15) is 39.0 Å². The predicted octanol–water partition coefficient (Wildman–Crippen LogP) is 2.64. The number of piperidine rings is 1. The molecule has 6 heteroatoms. The first-order valence-corrected chi connectivity index (χ1v) is 9.70. The predicted molar refractivity (Wildman–Crippen MR) is 102 cm³/mol. The van der Waals surface area contributed by atoms with E-state index in [9.17, 15) is 9.59 Å². The van der Waals surface area contributed by atoms with Crippen molar-refractivity contribution in [3.8, 4) is 0 Å². The second kappa shape index (κ2) is 9.03. The van der Waals surface area contributed by atoms with E-state index >= 15 is 0 Å². The third kappa shape index (κ3) is 4.55. The zero-order valence-electron chi connectivity index (χ0n) is 15.6. The van der Waals surface area contributed by atoms with Crippen molar-refractivity contribution in [2.75, 3.05) is 43.1 Å². The van der Waals surface area contributed by atoms with Gasteiger partial charge < -0.3 is 19.9 Å². The van der Waals surface area contributed by atoms with Crippen molar-refractivity contribution < 1.29 is 14.3 Å². The number of benzene rings is 1. The zero-order valence-corrected chi connectivity index (χ0v) is 15.6. The Labute approximate surface area is 155 Å². The molecule has 0 bridgehead atoms. The highest BCUT2D eigenvalue weighted by Gasteiger charge is 2.27. The van der Waals surface area contributed by atoms with Crippen molar-refractivity contribution in [3.05, 3.63) is 24.3 Å². The first-order chi connectivity index (χ1) is 12.7. The molecule has 1 aromatic rings. The van der Waals surface area contributed by atoms with Crippen LogP contribution in [0.25, 0.3) is 0 Å². The molecule has 0 aromatic heterocycles. The highest BCUT2D eigenvalue weighted by atomic mass is 16.5. The minimum Gasteiger partial charge on any atom is -0.378 e. The van der Waals surface area contributed by atoms with E-state index in [1.165, 1.54) is 6.42 Å². The van der Waals surface area contributed by atoms with Crippen molar-refractivity contribution in [2.24, 2.45) is 0 Å². The Bertz CT molecular complexity index is 628. The van der Waals surface area contributed by atoms with Gasteiger partial charge in [0.2, 0.25) is 11.8 Å². The monoisotopic (exact) mass is 359 g/mol. The Hall–Kier alpha value is -2.08. The fourth-order valence-electron chi connectivity index (χ4n) is 3.85. The number of nitrogens with zero attached hydrogens (tertiary/aromatic N) is 2. The number of amides is 2. The van der Waals surface area contributed by atoms with Gasteiger partial charge in [0.25, 0.3) is 0 Å². The average molecular weight is 359 g/mol. The van der Waals surface area contributed by atoms with Crippen LogP contribution in [0.2, 0.25) is 0 Å². The van der Waals surface area contributed by atoms with Crippen LogP contribution in [0.5, 0.6) is 0 Å². The van der Waals surface area contributed by atoms with E-state index in [-0.39, 0.29) is 24.3 Å². The summed E-state index contributed by atoms with van der Waals surface area (Å²) in [6.07, 6.45) is 4.11. The van der Waals surface area contributed by atoms with Crippen molar-refractivity contribution in [3.63, 3.8) is 0 Å². The van der Waals surface area contributed by atoms with Gasteiger partial charge in [-0.05, 0) is 37.8 Å². The van der Waals surface area contributed by atoms with Crippen LogP contribution in [0.3, 0.4) is 0 Å². The lowest BCUT2D eigenvalue weighted by Gasteiger charge is -2.35. The minimum atomic E-state index is -0.240. The molecule has 142 valence electrons. The standard InChI is InChI=1S/C20H29N3O3/c1-2-16-7-5-6-10-23(16)20(25)15-19(24)21-17-8-3-4-9-18(17)22-11-13-26-14-12-22/h3-4,8-9,16H,2,5-7,10-15H2,1H3,(H,21,24). The number of carbonyl (C=O) groups is 2. The summed E-state index contributed by atoms with van der Waals surface area (Å²) < 4.78 is 5.40. The maximum absolute atomic E-state index is 12.6. The second-order valence-corrected chi connectivity index (χ2v) is 6.99. The summed E-state index contributed by atoms with van der Waals surface area (Å²) in [4.78, 5) is 29.2. The van der Waals surface area contributed by atoms with Crippen LogP contribution in [0.15, 0.2) is 24.3 Å². The van der Waals surface area contributed by atoms with Gasteiger partial charge in [0.05, 0.1) is 24.6 Å². The number of nitrogens with one attached hydrogen (secondary N) is 1. The maximum Gasteiger partial charge on any atom is 0.233 e. The largest absolute Gasteiger partial charge is 0.378 e. The van der Waals surface area contributed by atoms with E-state index in [1.807, 2.05) is 29.2 Å². The number of para-hydroxylation sites is 2. The van der Waals surface area contributed by atoms with Gasteiger partial charge in [-0.1, -0.05) is 19.1 Å². The van der Waals surface area contributed by atoms with Crippen LogP contribution in [-0.4, -0.2) is 55.6 Å². The first kappa shape index (κ1) is 18.7. The van der Waals surface area contributed by atoms with E-state index in [0.717, 1.165) is 50.3 Å². The third-order valence-electron chi connectivity index (χ3n) is 5.26. The van der Waals surface area contributed by atoms with Crippen molar-refractivity contribution in [2.45, 2.75) is 45.1 Å². The summed E-state index contributed by atoms with van der Waals surface area (Å²) >= 11 is 0. The zero-order chi connectivity index (χ0) is 18.4. The Balaban J connectivity index is 1.62. The molecule has 1 N–H and O–H groups in total. The van der Waals surface area contributed by atoms with Crippen LogP contribution in [0, 0.1) is 0 Å². The number of hydrogen-bond acceptors (Lipinski definition) is 4. The molecule has 6 nitrogen and oxygen atoms in total. The number of morpholine rings is 1. The van der Waals surface area contributed by atoms with Crippen LogP contribution in [0.4, 0.5) is 11.4 Å². The molecule has 2 heterocycles. The lowest BCUT2D eigenvalue weighted by Crippen LogP contribution is -2.44. The number of likely N-dealkylation sites (tertiary alicyclic amines) is 1. The summed E-state index contributed by atoms with van der Waals surface area (Å²) in [5, 5.41) is 2.94. The molecule has 26 heavy (non-hydrogen) atoms. The molecule has 1 unspecified atom stereocenters. The second-order valence-electron chi connectivity index (χ2n) is 6.99. The Kier molecular flexibility index (Phi) is 6.50. The highest BCUT2D eigenvalue weighted by molar-refractivity contribution is 6.05. The van der Waals surface area contributed by atoms with Gasteiger partial charge in [-0.25, -0.2) is 0 Å². The van der Waals surface area contributed by atoms with Gasteiger partial charge in [-0.3, -0.25) is 9.59 Å². The summed E-state index contributed by atoms with van der Waals surface area (Å²) in [7, 11) is 0. The molecule has 3 rings (SSSR count). The molecular weight excluding hydrogens is 330 g/mol. The summed E-state index contributed by atoms with van der Waals surface area (Å²) in [6.45, 7) is 5.86. The SMILES string of the molecule is CCC1CCCCN1C(=O)CC(=O)Nc1ccccc1N1CCOCC1. The van der Waals surface area contributed by atoms with Gasteiger partial charge in [0.1, 0.15) is 6.42 Å². The normalized spacial score (nSPS) is 20.7. The van der Waals surface area contributed by atoms with Gasteiger partial charge in [-0.2, -0.15) is 0 Å². The molecule has 0 aliphatic carbocycles. The summed E-state index contributed by atoms with van der Waals surface area (Å²) in [5.41, 5.74) is 1.75. The number of anilines is 2. The van der Waals surface area contributed by atoms with E-state index in [1.54, 1.807) is 0 Å². The maximum atomic E-state index is 12.6. The summed E-state index contributed by atoms with van der Waals surface area (Å²) in [6, 6.07) is 8.04. The molecule has 2 saturated heterocycles. The molecule has 0 radical (unpaired) electrons. The number of hydrogen-bond donors (Lipinski definition) is 1. The molecule has 2 amide bonds. The van der Waals surface area contributed by atoms with Crippen LogP contribution < -0.4 is 10.2 Å². The van der Waals surface area contributed by atoms with Gasteiger partial charge in [-0.15, -0.1) is 0 Å². The molecule has 2 aliphatic heterocycles. The van der Waals surface area contributed by atoms with Gasteiger partial charge in [0, 0.05) is 25.7 Å². The van der Waals surface area contributed by atoms with E-state index in [2.05, 4.69) is 17.1 Å². The van der Waals surface area contributed by atoms with E-state index < -0.39 is 0 Å². The van der Waals surface area contributed by atoms with Crippen molar-refractivity contribution in [1.82, 2.24) is 4.90 Å². The fraction of sp³-hybridized carbons (Fsp3) is 0.600. The smallest absolute Gasteiger partial charge is 0.233 e. The number of ether oxygens (including phenoxy) is 1. The molecule has 1 aromatic carbocycles. The number of carbonyl (C=O) groups excluding carboxylic acids is 2. The number of rotatable bonds is 5. The Morgan fingerprint density at radius 3 is 2.69 bits per heavy atom. The average Bonchev–Trinajstić information content (AvgIpc) is 2.69. The molecular formula is C20H29N3O3. The highest BCUT2D eigenvalue weighted by Crippen LogP contribution is 2.27.